The number of benzene rings is 1. The third-order valence-corrected chi connectivity index (χ3v) is 3.63. The molecule has 1 aromatic carbocycles. The fourth-order valence-corrected chi connectivity index (χ4v) is 2.45. The van der Waals surface area contributed by atoms with Crippen molar-refractivity contribution < 1.29 is 0 Å². The summed E-state index contributed by atoms with van der Waals surface area (Å²) in [5.74, 6) is 1.36. The van der Waals surface area contributed by atoms with Crippen molar-refractivity contribution >= 4 is 50.9 Å². The summed E-state index contributed by atoms with van der Waals surface area (Å²) in [4.78, 5) is 13.2. The van der Waals surface area contributed by atoms with Gasteiger partial charge in [-0.1, -0.05) is 18.2 Å². The summed E-state index contributed by atoms with van der Waals surface area (Å²) in [6.45, 7) is 0. The smallest absolute Gasteiger partial charge is 0.227 e. The number of pyridine rings is 1. The molecule has 2 heterocycles. The molecular weight excluding hydrogens is 365 g/mol. The average Bonchev–Trinajstić information content (AvgIpc) is 2.49. The highest BCUT2D eigenvalue weighted by molar-refractivity contribution is 14.1. The number of rotatable bonds is 3. The molecule has 0 atom stereocenters. The first-order valence-corrected chi connectivity index (χ1v) is 7.17. The van der Waals surface area contributed by atoms with Crippen molar-refractivity contribution in [3.05, 3.63) is 46.3 Å². The molecule has 5 nitrogen and oxygen atoms in total. The molecule has 20 heavy (non-hydrogen) atoms. The van der Waals surface area contributed by atoms with E-state index in [1.54, 1.807) is 12.4 Å². The number of nitrogens with one attached hydrogen (secondary N) is 2. The van der Waals surface area contributed by atoms with E-state index in [0.717, 1.165) is 26.0 Å². The van der Waals surface area contributed by atoms with Crippen molar-refractivity contribution in [1.82, 2.24) is 15.0 Å². The number of fused-ring (bicyclic) bond motifs is 1. The maximum atomic E-state index is 4.57. The van der Waals surface area contributed by atoms with Gasteiger partial charge < -0.3 is 10.6 Å². The summed E-state index contributed by atoms with van der Waals surface area (Å²) >= 11 is 2.23. The highest BCUT2D eigenvalue weighted by Gasteiger charge is 2.08. The Morgan fingerprint density at radius 1 is 1.05 bits per heavy atom. The van der Waals surface area contributed by atoms with Crippen molar-refractivity contribution in [2.75, 3.05) is 17.7 Å². The van der Waals surface area contributed by atoms with E-state index in [1.807, 2.05) is 37.4 Å². The summed E-state index contributed by atoms with van der Waals surface area (Å²) in [6.07, 6.45) is 3.59. The van der Waals surface area contributed by atoms with Gasteiger partial charge in [0.25, 0.3) is 0 Å². The van der Waals surface area contributed by atoms with Gasteiger partial charge in [0.15, 0.2) is 0 Å². The van der Waals surface area contributed by atoms with E-state index in [-0.39, 0.29) is 0 Å². The van der Waals surface area contributed by atoms with E-state index in [1.165, 1.54) is 0 Å². The van der Waals surface area contributed by atoms with Gasteiger partial charge in [0.2, 0.25) is 5.95 Å². The molecule has 0 fully saturated rings. The van der Waals surface area contributed by atoms with Crippen molar-refractivity contribution in [2.45, 2.75) is 0 Å². The zero-order valence-corrected chi connectivity index (χ0v) is 12.9. The summed E-state index contributed by atoms with van der Waals surface area (Å²) in [7, 11) is 1.84. The molecule has 3 aromatic rings. The Kier molecular flexibility index (Phi) is 3.64. The number of halogens is 1. The Hall–Kier alpha value is -1.96. The van der Waals surface area contributed by atoms with Crippen LogP contribution in [0.3, 0.4) is 0 Å². The first kappa shape index (κ1) is 13.0. The monoisotopic (exact) mass is 377 g/mol. The summed E-state index contributed by atoms with van der Waals surface area (Å²) < 4.78 is 0.995. The van der Waals surface area contributed by atoms with Crippen LogP contribution in [0.5, 0.6) is 0 Å². The number of nitrogens with zero attached hydrogens (tertiary/aromatic N) is 3. The number of aromatic nitrogens is 3. The fraction of sp³-hybridized carbons (Fsp3) is 0.0714. The maximum absolute atomic E-state index is 4.57. The van der Waals surface area contributed by atoms with Crippen LogP contribution in [0.4, 0.5) is 17.5 Å². The van der Waals surface area contributed by atoms with Crippen LogP contribution in [0.15, 0.2) is 42.7 Å². The molecule has 0 saturated carbocycles. The van der Waals surface area contributed by atoms with Crippen LogP contribution in [0.2, 0.25) is 0 Å². The lowest BCUT2D eigenvalue weighted by Crippen LogP contribution is -2.01. The van der Waals surface area contributed by atoms with Crippen molar-refractivity contribution in [3.63, 3.8) is 0 Å². The Labute approximate surface area is 130 Å². The van der Waals surface area contributed by atoms with Crippen LogP contribution in [0.25, 0.3) is 10.9 Å². The van der Waals surface area contributed by atoms with Crippen LogP contribution >= 0.6 is 22.6 Å². The van der Waals surface area contributed by atoms with E-state index in [2.05, 4.69) is 48.2 Å². The third-order valence-electron chi connectivity index (χ3n) is 2.84. The zero-order chi connectivity index (χ0) is 13.9. The van der Waals surface area contributed by atoms with Crippen LogP contribution in [0.1, 0.15) is 0 Å². The number of hydrogen-bond donors (Lipinski definition) is 2. The van der Waals surface area contributed by atoms with Crippen molar-refractivity contribution in [1.29, 1.82) is 0 Å². The molecule has 6 heteroatoms. The van der Waals surface area contributed by atoms with Crippen LogP contribution in [-0.4, -0.2) is 22.0 Å². The molecule has 100 valence electrons. The molecular formula is C14H12IN5. The van der Waals surface area contributed by atoms with Gasteiger partial charge in [-0.05, 0) is 34.7 Å². The second-order valence-electron chi connectivity index (χ2n) is 4.15. The molecule has 2 N–H and O–H groups in total. The van der Waals surface area contributed by atoms with Crippen molar-refractivity contribution in [2.24, 2.45) is 0 Å². The molecule has 0 unspecified atom stereocenters. The number of anilines is 3. The summed E-state index contributed by atoms with van der Waals surface area (Å²) in [5, 5.41) is 7.16. The lowest BCUT2D eigenvalue weighted by Gasteiger charge is -2.08. The minimum Gasteiger partial charge on any atom is -0.373 e. The molecule has 0 spiro atoms. The first-order chi connectivity index (χ1) is 9.78. The van der Waals surface area contributed by atoms with Crippen LogP contribution in [-0.2, 0) is 0 Å². The quantitative estimate of drug-likeness (QED) is 0.685. The predicted molar refractivity (Wildman–Crippen MR) is 89.3 cm³/mol. The molecule has 0 aliphatic heterocycles. The predicted octanol–water partition coefficient (Wildman–Crippen LogP) is 3.41. The molecule has 2 aromatic heterocycles. The van der Waals surface area contributed by atoms with E-state index in [9.17, 15) is 0 Å². The largest absolute Gasteiger partial charge is 0.373 e. The highest BCUT2D eigenvalue weighted by atomic mass is 127. The molecule has 0 amide bonds. The highest BCUT2D eigenvalue weighted by Crippen LogP contribution is 2.24. The van der Waals surface area contributed by atoms with E-state index in [4.69, 9.17) is 0 Å². The normalized spacial score (nSPS) is 10.5. The standard InChI is InChI=1S/C14H12IN5/c1-16-13-10-7-18-14(19-9-5-3-2-4-6-9)20-12(10)11(15)8-17-13/h2-8H,1H3,(H,16,17)(H,18,19,20). The van der Waals surface area contributed by atoms with Gasteiger partial charge in [0.05, 0.1) is 14.5 Å². The first-order valence-electron chi connectivity index (χ1n) is 6.09. The molecule has 0 aliphatic rings. The Morgan fingerprint density at radius 3 is 2.60 bits per heavy atom. The lowest BCUT2D eigenvalue weighted by molar-refractivity contribution is 1.19. The van der Waals surface area contributed by atoms with Gasteiger partial charge in [0.1, 0.15) is 5.82 Å². The minimum absolute atomic E-state index is 0.579. The molecule has 0 aliphatic carbocycles. The zero-order valence-electron chi connectivity index (χ0n) is 10.8. The third kappa shape index (κ3) is 2.51. The average molecular weight is 377 g/mol. The Morgan fingerprint density at radius 2 is 1.85 bits per heavy atom. The van der Waals surface area contributed by atoms with Crippen LogP contribution < -0.4 is 10.6 Å². The van der Waals surface area contributed by atoms with Crippen molar-refractivity contribution in [3.8, 4) is 0 Å². The minimum atomic E-state index is 0.579. The van der Waals surface area contributed by atoms with Gasteiger partial charge in [-0.15, -0.1) is 0 Å². The van der Waals surface area contributed by atoms with Gasteiger partial charge in [-0.3, -0.25) is 0 Å². The molecule has 0 radical (unpaired) electrons. The fourth-order valence-electron chi connectivity index (χ4n) is 1.90. The number of para-hydroxylation sites is 1. The van der Waals surface area contributed by atoms with Gasteiger partial charge in [-0.2, -0.15) is 0 Å². The summed E-state index contributed by atoms with van der Waals surface area (Å²) in [6, 6.07) is 9.86. The second kappa shape index (κ2) is 5.58. The molecule has 3 rings (SSSR count). The van der Waals surface area contributed by atoms with Crippen LogP contribution in [0, 0.1) is 3.57 Å². The Bertz CT molecular complexity index is 745. The van der Waals surface area contributed by atoms with E-state index < -0.39 is 0 Å². The topological polar surface area (TPSA) is 62.7 Å². The molecule has 0 saturated heterocycles. The molecule has 0 bridgehead atoms. The Balaban J connectivity index is 2.04. The van der Waals surface area contributed by atoms with Gasteiger partial charge >= 0.3 is 0 Å². The lowest BCUT2D eigenvalue weighted by atomic mass is 10.3. The van der Waals surface area contributed by atoms with E-state index in [0.29, 0.717) is 5.95 Å². The summed E-state index contributed by atoms with van der Waals surface area (Å²) in [5.41, 5.74) is 1.85. The maximum Gasteiger partial charge on any atom is 0.227 e. The SMILES string of the molecule is CNc1ncc(I)c2nc(Nc3ccccc3)ncc12. The van der Waals surface area contributed by atoms with Gasteiger partial charge in [0, 0.05) is 25.1 Å². The number of hydrogen-bond acceptors (Lipinski definition) is 5. The second-order valence-corrected chi connectivity index (χ2v) is 5.31. The van der Waals surface area contributed by atoms with Gasteiger partial charge in [-0.25, -0.2) is 15.0 Å². The van der Waals surface area contributed by atoms with E-state index >= 15 is 0 Å².